The predicted octanol–water partition coefficient (Wildman–Crippen LogP) is 2.74. The smallest absolute Gasteiger partial charge is 0.138 e. The van der Waals surface area contributed by atoms with Crippen LogP contribution in [0.1, 0.15) is 12.2 Å². The van der Waals surface area contributed by atoms with Crippen molar-refractivity contribution in [3.05, 3.63) is 36.5 Å². The first kappa shape index (κ1) is 12.5. The monoisotopic (exact) mass is 274 g/mol. The Morgan fingerprint density at radius 2 is 2.37 bits per heavy atom. The van der Waals surface area contributed by atoms with Crippen LogP contribution >= 0.6 is 11.8 Å². The lowest BCUT2D eigenvalue weighted by Crippen LogP contribution is -2.13. The summed E-state index contributed by atoms with van der Waals surface area (Å²) in [6.07, 6.45) is 6.95. The van der Waals surface area contributed by atoms with Gasteiger partial charge in [0.15, 0.2) is 0 Å². The molecule has 2 aromatic heterocycles. The van der Waals surface area contributed by atoms with E-state index >= 15 is 0 Å². The summed E-state index contributed by atoms with van der Waals surface area (Å²) in [7, 11) is 0. The summed E-state index contributed by atoms with van der Waals surface area (Å²) in [6, 6.07) is 4.12. The molecule has 1 unspecified atom stereocenters. The number of nitrogens with zero attached hydrogens (tertiary/aromatic N) is 3. The molecule has 0 aliphatic carbocycles. The van der Waals surface area contributed by atoms with Crippen molar-refractivity contribution in [2.45, 2.75) is 13.3 Å². The van der Waals surface area contributed by atoms with Gasteiger partial charge in [0, 0.05) is 18.9 Å². The molecule has 1 N–H and O–H groups in total. The summed E-state index contributed by atoms with van der Waals surface area (Å²) in [6.45, 7) is 3.03. The fourth-order valence-electron chi connectivity index (χ4n) is 2.26. The number of hydrogen-bond acceptors (Lipinski definition) is 4. The van der Waals surface area contributed by atoms with Crippen LogP contribution in [0, 0.1) is 12.8 Å². The van der Waals surface area contributed by atoms with Gasteiger partial charge < -0.3 is 5.32 Å². The van der Waals surface area contributed by atoms with Crippen molar-refractivity contribution >= 4 is 17.4 Å². The normalized spacial score (nSPS) is 18.7. The van der Waals surface area contributed by atoms with Gasteiger partial charge in [0.05, 0.1) is 11.9 Å². The number of hydrogen-bond donors (Lipinski definition) is 1. The van der Waals surface area contributed by atoms with Crippen molar-refractivity contribution in [1.82, 2.24) is 14.5 Å². The third-order valence-electron chi connectivity index (χ3n) is 3.44. The standard InChI is InChI=1S/C14H18N4S/c1-11-15-5-6-18(11)14-3-2-13(9-17-14)16-8-12-4-7-19-10-12/h2-3,5-6,9,12,16H,4,7-8,10H2,1H3. The average Bonchev–Trinajstić information content (AvgIpc) is 3.08. The van der Waals surface area contributed by atoms with E-state index in [1.54, 1.807) is 6.20 Å². The van der Waals surface area contributed by atoms with Crippen molar-refractivity contribution in [3.63, 3.8) is 0 Å². The highest BCUT2D eigenvalue weighted by atomic mass is 32.2. The Labute approximate surface area is 117 Å². The summed E-state index contributed by atoms with van der Waals surface area (Å²) >= 11 is 2.05. The number of anilines is 1. The summed E-state index contributed by atoms with van der Waals surface area (Å²) in [5.41, 5.74) is 1.10. The molecule has 1 fully saturated rings. The molecule has 0 bridgehead atoms. The molecule has 1 saturated heterocycles. The van der Waals surface area contributed by atoms with Gasteiger partial charge in [-0.3, -0.25) is 4.57 Å². The molecule has 1 aliphatic rings. The van der Waals surface area contributed by atoms with Gasteiger partial charge in [0.1, 0.15) is 11.6 Å². The number of aryl methyl sites for hydroxylation is 1. The molecule has 100 valence electrons. The third-order valence-corrected chi connectivity index (χ3v) is 4.67. The van der Waals surface area contributed by atoms with E-state index in [-0.39, 0.29) is 0 Å². The van der Waals surface area contributed by atoms with E-state index in [4.69, 9.17) is 0 Å². The minimum atomic E-state index is 0.806. The van der Waals surface area contributed by atoms with E-state index in [0.717, 1.165) is 29.8 Å². The zero-order chi connectivity index (χ0) is 13.1. The zero-order valence-electron chi connectivity index (χ0n) is 11.0. The molecule has 0 radical (unpaired) electrons. The first-order valence-corrected chi connectivity index (χ1v) is 7.76. The van der Waals surface area contributed by atoms with Crippen LogP contribution in [0.3, 0.4) is 0 Å². The molecular weight excluding hydrogens is 256 g/mol. The second kappa shape index (κ2) is 5.65. The van der Waals surface area contributed by atoms with Gasteiger partial charge in [-0.15, -0.1) is 0 Å². The highest BCUT2D eigenvalue weighted by Crippen LogP contribution is 2.23. The summed E-state index contributed by atoms with van der Waals surface area (Å²) in [5.74, 6) is 5.27. The fraction of sp³-hybridized carbons (Fsp3) is 0.429. The van der Waals surface area contributed by atoms with Crippen LogP contribution in [0.25, 0.3) is 5.82 Å². The number of thioether (sulfide) groups is 1. The lowest BCUT2D eigenvalue weighted by molar-refractivity contribution is 0.631. The average molecular weight is 274 g/mol. The molecule has 1 aliphatic heterocycles. The second-order valence-electron chi connectivity index (χ2n) is 4.86. The Morgan fingerprint density at radius 3 is 3.00 bits per heavy atom. The first-order valence-electron chi connectivity index (χ1n) is 6.61. The Morgan fingerprint density at radius 1 is 1.42 bits per heavy atom. The van der Waals surface area contributed by atoms with Crippen molar-refractivity contribution in [2.24, 2.45) is 5.92 Å². The van der Waals surface area contributed by atoms with Crippen LogP contribution in [0.15, 0.2) is 30.7 Å². The largest absolute Gasteiger partial charge is 0.383 e. The molecule has 0 amide bonds. The molecular formula is C14H18N4S. The summed E-state index contributed by atoms with van der Waals surface area (Å²) < 4.78 is 1.98. The van der Waals surface area contributed by atoms with E-state index < -0.39 is 0 Å². The van der Waals surface area contributed by atoms with E-state index in [9.17, 15) is 0 Å². The molecule has 0 spiro atoms. The third kappa shape index (κ3) is 2.92. The molecule has 19 heavy (non-hydrogen) atoms. The van der Waals surface area contributed by atoms with Crippen molar-refractivity contribution in [1.29, 1.82) is 0 Å². The van der Waals surface area contributed by atoms with E-state index in [2.05, 4.69) is 33.1 Å². The van der Waals surface area contributed by atoms with Gasteiger partial charge in [0.2, 0.25) is 0 Å². The molecule has 5 heteroatoms. The van der Waals surface area contributed by atoms with Gasteiger partial charge in [0.25, 0.3) is 0 Å². The Hall–Kier alpha value is -1.49. The Kier molecular flexibility index (Phi) is 3.73. The van der Waals surface area contributed by atoms with Gasteiger partial charge in [-0.2, -0.15) is 11.8 Å². The molecule has 2 aromatic rings. The summed E-state index contributed by atoms with van der Waals surface area (Å²) in [4.78, 5) is 8.69. The maximum Gasteiger partial charge on any atom is 0.138 e. The van der Waals surface area contributed by atoms with Gasteiger partial charge >= 0.3 is 0 Å². The van der Waals surface area contributed by atoms with Crippen LogP contribution in [-0.2, 0) is 0 Å². The topological polar surface area (TPSA) is 42.7 Å². The fourth-order valence-corrected chi connectivity index (χ4v) is 3.54. The quantitative estimate of drug-likeness (QED) is 0.931. The second-order valence-corrected chi connectivity index (χ2v) is 6.01. The Bertz CT molecular complexity index is 529. The van der Waals surface area contributed by atoms with Gasteiger partial charge in [-0.1, -0.05) is 0 Å². The zero-order valence-corrected chi connectivity index (χ0v) is 11.9. The first-order chi connectivity index (χ1) is 9.33. The van der Waals surface area contributed by atoms with Crippen LogP contribution < -0.4 is 5.32 Å². The lowest BCUT2D eigenvalue weighted by Gasteiger charge is -2.11. The number of nitrogens with one attached hydrogen (secondary N) is 1. The SMILES string of the molecule is Cc1nccn1-c1ccc(NCC2CCSC2)cn1. The van der Waals surface area contributed by atoms with Crippen molar-refractivity contribution in [2.75, 3.05) is 23.4 Å². The lowest BCUT2D eigenvalue weighted by atomic mass is 10.1. The van der Waals surface area contributed by atoms with E-state index in [1.807, 2.05) is 30.0 Å². The minimum absolute atomic E-state index is 0.806. The molecule has 3 heterocycles. The maximum atomic E-state index is 4.48. The van der Waals surface area contributed by atoms with Gasteiger partial charge in [-0.05, 0) is 42.9 Å². The van der Waals surface area contributed by atoms with E-state index in [1.165, 1.54) is 17.9 Å². The highest BCUT2D eigenvalue weighted by molar-refractivity contribution is 7.99. The van der Waals surface area contributed by atoms with Crippen molar-refractivity contribution in [3.8, 4) is 5.82 Å². The molecule has 4 nitrogen and oxygen atoms in total. The van der Waals surface area contributed by atoms with Crippen molar-refractivity contribution < 1.29 is 0 Å². The molecule has 3 rings (SSSR count). The van der Waals surface area contributed by atoms with Crippen LogP contribution in [0.2, 0.25) is 0 Å². The number of imidazole rings is 1. The maximum absolute atomic E-state index is 4.48. The van der Waals surface area contributed by atoms with Crippen LogP contribution in [-0.4, -0.2) is 32.6 Å². The molecule has 0 saturated carbocycles. The van der Waals surface area contributed by atoms with Crippen LogP contribution in [0.4, 0.5) is 5.69 Å². The number of rotatable bonds is 4. The van der Waals surface area contributed by atoms with Gasteiger partial charge in [-0.25, -0.2) is 9.97 Å². The predicted molar refractivity (Wildman–Crippen MR) is 80.0 cm³/mol. The Balaban J connectivity index is 1.64. The minimum Gasteiger partial charge on any atom is -0.383 e. The highest BCUT2D eigenvalue weighted by Gasteiger charge is 2.14. The number of pyridine rings is 1. The van der Waals surface area contributed by atoms with Crippen LogP contribution in [0.5, 0.6) is 0 Å². The van der Waals surface area contributed by atoms with E-state index in [0.29, 0.717) is 0 Å². The molecule has 0 aromatic carbocycles. The molecule has 1 atom stereocenters. The number of aromatic nitrogens is 3. The summed E-state index contributed by atoms with van der Waals surface area (Å²) in [5, 5.41) is 3.47.